The maximum atomic E-state index is 12.7. The number of carboxylic acids is 1. The normalized spacial score (nSPS) is 19.6. The molecular weight excluding hydrogens is 241 g/mol. The van der Waals surface area contributed by atoms with Crippen LogP contribution >= 0.6 is 0 Å². The van der Waals surface area contributed by atoms with Crippen molar-refractivity contribution in [2.24, 2.45) is 0 Å². The zero-order valence-corrected chi connectivity index (χ0v) is 8.53. The van der Waals surface area contributed by atoms with Crippen molar-refractivity contribution in [1.29, 1.82) is 0 Å². The molecule has 17 heavy (non-hydrogen) atoms. The molecule has 1 atom stereocenters. The van der Waals surface area contributed by atoms with Crippen LogP contribution in [-0.4, -0.2) is 38.6 Å². The van der Waals surface area contributed by atoms with Crippen LogP contribution in [0.1, 0.15) is 18.3 Å². The smallest absolute Gasteiger partial charge is 0.411 e. The minimum atomic E-state index is -4.41. The summed E-state index contributed by atoms with van der Waals surface area (Å²) in [4.78, 5) is 14.1. The molecule has 0 amide bonds. The molecule has 1 aromatic heterocycles. The Morgan fingerprint density at radius 2 is 2.29 bits per heavy atom. The molecule has 94 valence electrons. The predicted molar refractivity (Wildman–Crippen MR) is 49.6 cm³/mol. The average Bonchev–Trinajstić information content (AvgIpc) is 2.55. The van der Waals surface area contributed by atoms with Crippen LogP contribution in [-0.2, 0) is 11.2 Å². The van der Waals surface area contributed by atoms with Crippen molar-refractivity contribution in [3.63, 3.8) is 0 Å². The predicted octanol–water partition coefficient (Wildman–Crippen LogP) is 0.824. The Labute approximate surface area is 93.4 Å². The van der Waals surface area contributed by atoms with Gasteiger partial charge in [0.1, 0.15) is 6.42 Å². The van der Waals surface area contributed by atoms with Gasteiger partial charge in [-0.1, -0.05) is 0 Å². The van der Waals surface area contributed by atoms with Crippen LogP contribution in [0.25, 0.3) is 0 Å². The largest absolute Gasteiger partial charge is 0.481 e. The number of fused-ring (bicyclic) bond motifs is 1. The van der Waals surface area contributed by atoms with E-state index in [1.54, 1.807) is 0 Å². The summed E-state index contributed by atoms with van der Waals surface area (Å²) in [6.45, 7) is 0.134. The van der Waals surface area contributed by atoms with E-state index in [0.29, 0.717) is 4.68 Å². The number of aromatic nitrogens is 3. The first kappa shape index (κ1) is 11.7. The summed E-state index contributed by atoms with van der Waals surface area (Å²) in [5.74, 6) is -1.34. The summed E-state index contributed by atoms with van der Waals surface area (Å²) in [6.07, 6.45) is -5.05. The van der Waals surface area contributed by atoms with E-state index in [9.17, 15) is 18.0 Å². The van der Waals surface area contributed by atoms with Crippen molar-refractivity contribution in [3.8, 4) is 0 Å². The van der Waals surface area contributed by atoms with Crippen LogP contribution in [0.2, 0.25) is 0 Å². The summed E-state index contributed by atoms with van der Waals surface area (Å²) in [5.41, 5.74) is 0. The summed E-state index contributed by atoms with van der Waals surface area (Å²) >= 11 is 0. The molecule has 2 N–H and O–H groups in total. The van der Waals surface area contributed by atoms with Gasteiger partial charge in [-0.2, -0.15) is 23.3 Å². The Balaban J connectivity index is 2.32. The van der Waals surface area contributed by atoms with Gasteiger partial charge in [-0.25, -0.2) is 4.68 Å². The maximum Gasteiger partial charge on any atom is 0.411 e. The van der Waals surface area contributed by atoms with Gasteiger partial charge in [0.15, 0.2) is 11.9 Å². The molecule has 6 nitrogen and oxygen atoms in total. The number of aliphatic carboxylic acids is 1. The van der Waals surface area contributed by atoms with E-state index in [-0.39, 0.29) is 24.7 Å². The highest BCUT2D eigenvalue weighted by Gasteiger charge is 2.44. The van der Waals surface area contributed by atoms with Crippen molar-refractivity contribution in [2.45, 2.75) is 25.1 Å². The molecule has 1 aliphatic rings. The van der Waals surface area contributed by atoms with E-state index >= 15 is 0 Å². The Morgan fingerprint density at radius 3 is 2.88 bits per heavy atom. The van der Waals surface area contributed by atoms with Crippen LogP contribution in [0, 0.1) is 0 Å². The SMILES string of the molecule is O=C(O)Cc1nc2n(n1)C(C(F)(F)F)CCN2. The second-order valence-corrected chi connectivity index (χ2v) is 3.64. The minimum absolute atomic E-state index is 0.0326. The fourth-order valence-corrected chi connectivity index (χ4v) is 1.66. The summed E-state index contributed by atoms with van der Waals surface area (Å²) < 4.78 is 38.7. The number of carbonyl (C=O) groups is 1. The fraction of sp³-hybridized carbons (Fsp3) is 0.625. The number of rotatable bonds is 2. The lowest BCUT2D eigenvalue weighted by Gasteiger charge is -2.25. The molecule has 0 saturated heterocycles. The van der Waals surface area contributed by atoms with Gasteiger partial charge < -0.3 is 10.4 Å². The third kappa shape index (κ3) is 2.32. The molecule has 9 heteroatoms. The number of anilines is 1. The van der Waals surface area contributed by atoms with E-state index in [1.807, 2.05) is 0 Å². The first-order valence-corrected chi connectivity index (χ1v) is 4.85. The number of carboxylic acid groups (broad SMARTS) is 1. The lowest BCUT2D eigenvalue weighted by molar-refractivity contribution is -0.171. The standard InChI is InChI=1S/C8H9F3N4O2/c9-8(10,11)4-1-2-12-7-13-5(3-6(16)17)14-15(4)7/h4H,1-3H2,(H,16,17)(H,12,13,14). The monoisotopic (exact) mass is 250 g/mol. The van der Waals surface area contributed by atoms with E-state index < -0.39 is 24.6 Å². The second-order valence-electron chi connectivity index (χ2n) is 3.64. The topological polar surface area (TPSA) is 80.0 Å². The van der Waals surface area contributed by atoms with Gasteiger partial charge >= 0.3 is 12.1 Å². The van der Waals surface area contributed by atoms with Crippen LogP contribution in [0.3, 0.4) is 0 Å². The van der Waals surface area contributed by atoms with E-state index in [0.717, 1.165) is 0 Å². The highest BCUT2D eigenvalue weighted by Crippen LogP contribution is 2.36. The van der Waals surface area contributed by atoms with Gasteiger partial charge in [0.2, 0.25) is 5.95 Å². The number of halogens is 3. The van der Waals surface area contributed by atoms with Crippen molar-refractivity contribution < 1.29 is 23.1 Å². The minimum Gasteiger partial charge on any atom is -0.481 e. The third-order valence-electron chi connectivity index (χ3n) is 2.36. The Morgan fingerprint density at radius 1 is 1.59 bits per heavy atom. The molecule has 2 heterocycles. The van der Waals surface area contributed by atoms with Crippen LogP contribution in [0.4, 0.5) is 19.1 Å². The quantitative estimate of drug-likeness (QED) is 0.812. The summed E-state index contributed by atoms with van der Waals surface area (Å²) in [7, 11) is 0. The van der Waals surface area contributed by atoms with E-state index in [2.05, 4.69) is 15.4 Å². The van der Waals surface area contributed by atoms with Gasteiger partial charge in [0.25, 0.3) is 0 Å². The summed E-state index contributed by atoms with van der Waals surface area (Å²) in [5, 5.41) is 14.8. The van der Waals surface area contributed by atoms with E-state index in [1.165, 1.54) is 0 Å². The molecule has 0 bridgehead atoms. The first-order valence-electron chi connectivity index (χ1n) is 4.85. The Kier molecular flexibility index (Phi) is 2.68. The molecule has 2 rings (SSSR count). The van der Waals surface area contributed by atoms with Gasteiger partial charge in [-0.15, -0.1) is 0 Å². The second kappa shape index (κ2) is 3.90. The molecule has 0 radical (unpaired) electrons. The molecule has 0 aromatic carbocycles. The molecule has 1 unspecified atom stereocenters. The molecule has 0 fully saturated rings. The van der Waals surface area contributed by atoms with Gasteiger partial charge in [-0.05, 0) is 6.42 Å². The first-order chi connectivity index (χ1) is 7.88. The molecule has 0 aliphatic carbocycles. The Bertz CT molecular complexity index is 442. The summed E-state index contributed by atoms with van der Waals surface area (Å²) in [6, 6.07) is -1.74. The maximum absolute atomic E-state index is 12.7. The van der Waals surface area contributed by atoms with Gasteiger partial charge in [0.05, 0.1) is 0 Å². The highest BCUT2D eigenvalue weighted by molar-refractivity contribution is 5.69. The number of hydrogen-bond donors (Lipinski definition) is 2. The lowest BCUT2D eigenvalue weighted by atomic mass is 10.2. The van der Waals surface area contributed by atoms with Crippen molar-refractivity contribution >= 4 is 11.9 Å². The van der Waals surface area contributed by atoms with Gasteiger partial charge in [-0.3, -0.25) is 4.79 Å². The molecular formula is C8H9F3N4O2. The molecule has 1 aliphatic heterocycles. The number of alkyl halides is 3. The van der Waals surface area contributed by atoms with Crippen molar-refractivity contribution in [3.05, 3.63) is 5.82 Å². The van der Waals surface area contributed by atoms with Crippen molar-refractivity contribution in [1.82, 2.24) is 14.8 Å². The molecule has 0 saturated carbocycles. The average molecular weight is 250 g/mol. The zero-order valence-electron chi connectivity index (χ0n) is 8.53. The Hall–Kier alpha value is -1.80. The van der Waals surface area contributed by atoms with Gasteiger partial charge in [0, 0.05) is 6.54 Å². The number of hydrogen-bond acceptors (Lipinski definition) is 4. The van der Waals surface area contributed by atoms with Crippen LogP contribution < -0.4 is 5.32 Å². The van der Waals surface area contributed by atoms with Crippen LogP contribution in [0.5, 0.6) is 0 Å². The lowest BCUT2D eigenvalue weighted by Crippen LogP contribution is -2.34. The van der Waals surface area contributed by atoms with Crippen molar-refractivity contribution in [2.75, 3.05) is 11.9 Å². The van der Waals surface area contributed by atoms with Crippen LogP contribution in [0.15, 0.2) is 0 Å². The van der Waals surface area contributed by atoms with E-state index in [4.69, 9.17) is 5.11 Å². The highest BCUT2D eigenvalue weighted by atomic mass is 19.4. The fourth-order valence-electron chi connectivity index (χ4n) is 1.66. The number of nitrogens with one attached hydrogen (secondary N) is 1. The zero-order chi connectivity index (χ0) is 12.6. The molecule has 1 aromatic rings. The third-order valence-corrected chi connectivity index (χ3v) is 2.36. The number of nitrogens with zero attached hydrogens (tertiary/aromatic N) is 3. The molecule has 0 spiro atoms.